The molecule has 1 atom stereocenters. The molecule has 0 radical (unpaired) electrons. The summed E-state index contributed by atoms with van der Waals surface area (Å²) in [7, 11) is 0. The number of hydrogen-bond donors (Lipinski definition) is 3. The van der Waals surface area contributed by atoms with Gasteiger partial charge in [-0.2, -0.15) is 0 Å². The van der Waals surface area contributed by atoms with E-state index in [0.717, 1.165) is 6.92 Å². The lowest BCUT2D eigenvalue weighted by atomic mass is 10.1. The molecule has 64 valence electrons. The smallest absolute Gasteiger partial charge is 0.357 e. The van der Waals surface area contributed by atoms with E-state index >= 15 is 0 Å². The number of carboxylic acids is 1. The Bertz CT molecular complexity index is 179. The maximum Gasteiger partial charge on any atom is 0.357 e. The molecule has 0 aliphatic heterocycles. The van der Waals surface area contributed by atoms with Crippen LogP contribution in [0.3, 0.4) is 0 Å². The van der Waals surface area contributed by atoms with Crippen molar-refractivity contribution in [2.75, 3.05) is 0 Å². The van der Waals surface area contributed by atoms with E-state index in [9.17, 15) is 9.59 Å². The molecule has 0 aliphatic carbocycles. The summed E-state index contributed by atoms with van der Waals surface area (Å²) in [5, 5.41) is 19.5. The highest BCUT2D eigenvalue weighted by molar-refractivity contribution is 5.84. The van der Waals surface area contributed by atoms with E-state index in [2.05, 4.69) is 0 Å². The Labute approximate surface area is 64.0 Å². The lowest BCUT2D eigenvalue weighted by molar-refractivity contribution is -0.165. The zero-order valence-corrected chi connectivity index (χ0v) is 6.42. The van der Waals surface area contributed by atoms with Gasteiger partial charge >= 0.3 is 5.97 Å². The molecule has 0 fully saturated rings. The number of hydrogen-bond acceptors (Lipinski definition) is 3. The van der Waals surface area contributed by atoms with Crippen molar-refractivity contribution in [1.29, 1.82) is 0 Å². The fraction of sp³-hybridized carbons (Fsp3) is 0.667. The van der Waals surface area contributed by atoms with E-state index in [1.165, 1.54) is 6.92 Å². The maximum absolute atomic E-state index is 10.4. The molecule has 0 saturated heterocycles. The van der Waals surface area contributed by atoms with Crippen LogP contribution < -0.4 is 5.32 Å². The van der Waals surface area contributed by atoms with Gasteiger partial charge in [0.15, 0.2) is 0 Å². The molecular weight excluding hydrogens is 150 g/mol. The number of nitrogens with one attached hydrogen (secondary N) is 1. The van der Waals surface area contributed by atoms with Crippen LogP contribution in [0.5, 0.6) is 0 Å². The van der Waals surface area contributed by atoms with Crippen LogP contribution in [0.15, 0.2) is 0 Å². The van der Waals surface area contributed by atoms with Crippen molar-refractivity contribution in [1.82, 2.24) is 5.32 Å². The van der Waals surface area contributed by atoms with Gasteiger partial charge in [0.05, 0.1) is 0 Å². The lowest BCUT2D eigenvalue weighted by Crippen LogP contribution is -2.53. The summed E-state index contributed by atoms with van der Waals surface area (Å²) in [4.78, 5) is 20.7. The first kappa shape index (κ1) is 9.90. The second-order valence-electron chi connectivity index (χ2n) is 2.20. The van der Waals surface area contributed by atoms with Crippen molar-refractivity contribution in [3.05, 3.63) is 0 Å². The largest absolute Gasteiger partial charge is 0.478 e. The van der Waals surface area contributed by atoms with Crippen LogP contribution in [0.2, 0.25) is 0 Å². The molecule has 0 saturated carbocycles. The van der Waals surface area contributed by atoms with E-state index in [-0.39, 0.29) is 6.42 Å². The molecular formula is C6H11NO4. The fourth-order valence-corrected chi connectivity index (χ4v) is 0.584. The Balaban J connectivity index is 4.34. The minimum absolute atomic E-state index is 0.0675. The highest BCUT2D eigenvalue weighted by Gasteiger charge is 2.34. The molecule has 0 aromatic carbocycles. The van der Waals surface area contributed by atoms with Crippen LogP contribution in [0.25, 0.3) is 0 Å². The third kappa shape index (κ3) is 2.55. The third-order valence-corrected chi connectivity index (χ3v) is 1.25. The number of aliphatic hydroxyl groups is 1. The van der Waals surface area contributed by atoms with Gasteiger partial charge in [-0.25, -0.2) is 4.79 Å². The molecule has 1 amide bonds. The Morgan fingerprint density at radius 2 is 2.00 bits per heavy atom. The van der Waals surface area contributed by atoms with Gasteiger partial charge in [-0.3, -0.25) is 4.79 Å². The van der Waals surface area contributed by atoms with Crippen LogP contribution in [-0.2, 0) is 9.59 Å². The molecule has 3 N–H and O–H groups in total. The van der Waals surface area contributed by atoms with Gasteiger partial charge in [0, 0.05) is 13.3 Å². The second kappa shape index (κ2) is 3.34. The van der Waals surface area contributed by atoms with Crippen molar-refractivity contribution in [2.45, 2.75) is 26.0 Å². The Morgan fingerprint density at radius 1 is 1.55 bits per heavy atom. The van der Waals surface area contributed by atoms with Crippen molar-refractivity contribution in [2.24, 2.45) is 0 Å². The lowest BCUT2D eigenvalue weighted by Gasteiger charge is -2.21. The van der Waals surface area contributed by atoms with Crippen LogP contribution in [0, 0.1) is 0 Å². The molecule has 5 heteroatoms. The van der Waals surface area contributed by atoms with Gasteiger partial charge in [0.2, 0.25) is 11.6 Å². The fourth-order valence-electron chi connectivity index (χ4n) is 0.584. The molecule has 5 nitrogen and oxygen atoms in total. The Kier molecular flexibility index (Phi) is 3.00. The Morgan fingerprint density at radius 3 is 2.09 bits per heavy atom. The van der Waals surface area contributed by atoms with Crippen molar-refractivity contribution in [3.8, 4) is 0 Å². The zero-order chi connectivity index (χ0) is 9.07. The topological polar surface area (TPSA) is 86.6 Å². The second-order valence-corrected chi connectivity index (χ2v) is 2.20. The summed E-state index contributed by atoms with van der Waals surface area (Å²) in [6.45, 7) is 2.60. The van der Waals surface area contributed by atoms with Gasteiger partial charge in [-0.15, -0.1) is 0 Å². The van der Waals surface area contributed by atoms with Gasteiger partial charge in [0.25, 0.3) is 0 Å². The summed E-state index contributed by atoms with van der Waals surface area (Å²) in [6.07, 6.45) is -0.0675. The van der Waals surface area contributed by atoms with Crippen molar-refractivity contribution in [3.63, 3.8) is 0 Å². The van der Waals surface area contributed by atoms with E-state index in [0.29, 0.717) is 0 Å². The average Bonchev–Trinajstić information content (AvgIpc) is 1.86. The summed E-state index contributed by atoms with van der Waals surface area (Å²) >= 11 is 0. The van der Waals surface area contributed by atoms with Crippen LogP contribution in [0.4, 0.5) is 0 Å². The van der Waals surface area contributed by atoms with Crippen LogP contribution in [0.1, 0.15) is 20.3 Å². The Hall–Kier alpha value is -1.10. The van der Waals surface area contributed by atoms with E-state index in [4.69, 9.17) is 10.2 Å². The molecule has 11 heavy (non-hydrogen) atoms. The molecule has 0 bridgehead atoms. The van der Waals surface area contributed by atoms with E-state index in [1.54, 1.807) is 0 Å². The van der Waals surface area contributed by atoms with E-state index in [1.807, 2.05) is 5.32 Å². The summed E-state index contributed by atoms with van der Waals surface area (Å²) in [5.74, 6) is -2.02. The molecule has 0 rings (SSSR count). The van der Waals surface area contributed by atoms with Gasteiger partial charge < -0.3 is 15.5 Å². The number of aliphatic carboxylic acids is 1. The van der Waals surface area contributed by atoms with Crippen LogP contribution in [-0.4, -0.2) is 27.8 Å². The zero-order valence-electron chi connectivity index (χ0n) is 6.42. The van der Waals surface area contributed by atoms with Gasteiger partial charge in [-0.1, -0.05) is 6.92 Å². The predicted molar refractivity (Wildman–Crippen MR) is 36.7 cm³/mol. The van der Waals surface area contributed by atoms with Crippen LogP contribution >= 0.6 is 0 Å². The maximum atomic E-state index is 10.4. The summed E-state index contributed by atoms with van der Waals surface area (Å²) in [5.41, 5.74) is -2.12. The predicted octanol–water partition coefficient (Wildman–Crippen LogP) is -0.694. The summed E-state index contributed by atoms with van der Waals surface area (Å²) in [6, 6.07) is 0. The summed E-state index contributed by atoms with van der Waals surface area (Å²) < 4.78 is 0. The number of carbonyl (C=O) groups is 2. The first-order valence-electron chi connectivity index (χ1n) is 3.17. The number of amides is 1. The highest BCUT2D eigenvalue weighted by Crippen LogP contribution is 2.04. The SMILES string of the molecule is CCC(O)(NC(C)=O)C(=O)O. The monoisotopic (exact) mass is 161 g/mol. The minimum atomic E-state index is -2.12. The molecule has 0 heterocycles. The normalized spacial score (nSPS) is 15.2. The number of carbonyl (C=O) groups excluding carboxylic acids is 1. The highest BCUT2D eigenvalue weighted by atomic mass is 16.4. The molecule has 0 aliphatic rings. The quantitative estimate of drug-likeness (QED) is 0.478. The molecule has 0 aromatic rings. The third-order valence-electron chi connectivity index (χ3n) is 1.25. The van der Waals surface area contributed by atoms with Crippen molar-refractivity contribution < 1.29 is 19.8 Å². The average molecular weight is 161 g/mol. The van der Waals surface area contributed by atoms with E-state index < -0.39 is 17.6 Å². The first-order chi connectivity index (χ1) is 4.92. The van der Waals surface area contributed by atoms with Crippen molar-refractivity contribution >= 4 is 11.9 Å². The first-order valence-corrected chi connectivity index (χ1v) is 3.17. The minimum Gasteiger partial charge on any atom is -0.478 e. The number of carboxylic acid groups (broad SMARTS) is 1. The van der Waals surface area contributed by atoms with Gasteiger partial charge in [0.1, 0.15) is 0 Å². The molecule has 1 unspecified atom stereocenters. The molecule has 0 aromatic heterocycles. The molecule has 0 spiro atoms. The number of rotatable bonds is 3. The van der Waals surface area contributed by atoms with Gasteiger partial charge in [-0.05, 0) is 0 Å². The standard InChI is InChI=1S/C6H11NO4/c1-3-6(11,5(9)10)7-4(2)8/h11H,3H2,1-2H3,(H,7,8)(H,9,10).